The predicted octanol–water partition coefficient (Wildman–Crippen LogP) is 0.976. The lowest BCUT2D eigenvalue weighted by Crippen LogP contribution is -2.45. The summed E-state index contributed by atoms with van der Waals surface area (Å²) in [6, 6.07) is 5.10. The van der Waals surface area contributed by atoms with Crippen LogP contribution >= 0.6 is 11.8 Å². The van der Waals surface area contributed by atoms with Gasteiger partial charge in [-0.05, 0) is 30.5 Å². The van der Waals surface area contributed by atoms with Crippen molar-refractivity contribution >= 4 is 29.4 Å². The maximum atomic E-state index is 11.4. The van der Waals surface area contributed by atoms with Crippen molar-refractivity contribution in [1.29, 1.82) is 0 Å². The molecule has 7 heteroatoms. The fourth-order valence-corrected chi connectivity index (χ4v) is 1.59. The molecule has 1 atom stereocenters. The number of carboxylic acid groups (broad SMARTS) is 1. The molecule has 1 unspecified atom stereocenters. The summed E-state index contributed by atoms with van der Waals surface area (Å²) in [4.78, 5) is 23.1. The van der Waals surface area contributed by atoms with Crippen LogP contribution in [0.3, 0.4) is 0 Å². The number of rotatable bonds is 5. The fourth-order valence-electron chi connectivity index (χ4n) is 1.19. The van der Waals surface area contributed by atoms with Gasteiger partial charge in [-0.1, -0.05) is 0 Å². The second kappa shape index (κ2) is 6.87. The molecule has 18 heavy (non-hydrogen) atoms. The monoisotopic (exact) mass is 270 g/mol. The average molecular weight is 270 g/mol. The summed E-state index contributed by atoms with van der Waals surface area (Å²) in [6.45, 7) is -0.659. The number of hydrogen-bond donors (Lipinski definition) is 4. The van der Waals surface area contributed by atoms with Crippen LogP contribution in [0.2, 0.25) is 0 Å². The number of aliphatic carboxylic acids is 1. The third-order valence-corrected chi connectivity index (χ3v) is 2.88. The normalized spacial score (nSPS) is 11.7. The molecule has 1 aromatic rings. The van der Waals surface area contributed by atoms with Crippen molar-refractivity contribution in [3.63, 3.8) is 0 Å². The molecular weight excluding hydrogens is 256 g/mol. The molecule has 0 saturated heterocycles. The molecule has 0 radical (unpaired) electrons. The summed E-state index contributed by atoms with van der Waals surface area (Å²) in [7, 11) is 0. The van der Waals surface area contributed by atoms with Gasteiger partial charge in [0.25, 0.3) is 0 Å². The minimum atomic E-state index is -1.31. The van der Waals surface area contributed by atoms with E-state index in [-0.39, 0.29) is 0 Å². The van der Waals surface area contributed by atoms with E-state index < -0.39 is 24.6 Å². The van der Waals surface area contributed by atoms with E-state index in [0.29, 0.717) is 5.69 Å². The number of amides is 2. The number of benzene rings is 1. The first-order valence-electron chi connectivity index (χ1n) is 5.12. The van der Waals surface area contributed by atoms with Gasteiger partial charge >= 0.3 is 12.0 Å². The molecule has 0 heterocycles. The van der Waals surface area contributed by atoms with E-state index in [1.807, 2.05) is 18.4 Å². The van der Waals surface area contributed by atoms with Gasteiger partial charge in [0.1, 0.15) is 0 Å². The summed E-state index contributed by atoms with van der Waals surface area (Å²) in [6.07, 6.45) is 1.94. The lowest BCUT2D eigenvalue weighted by atomic mass is 10.3. The van der Waals surface area contributed by atoms with Crippen molar-refractivity contribution in [3.05, 3.63) is 24.3 Å². The average Bonchev–Trinajstić information content (AvgIpc) is 2.36. The van der Waals surface area contributed by atoms with Crippen LogP contribution in [0.25, 0.3) is 0 Å². The highest BCUT2D eigenvalue weighted by molar-refractivity contribution is 7.98. The summed E-state index contributed by atoms with van der Waals surface area (Å²) < 4.78 is 0. The van der Waals surface area contributed by atoms with E-state index in [1.54, 1.807) is 23.9 Å². The number of nitrogens with one attached hydrogen (secondary N) is 2. The van der Waals surface area contributed by atoms with Crippen LogP contribution in [0.15, 0.2) is 29.2 Å². The van der Waals surface area contributed by atoms with Crippen molar-refractivity contribution in [2.75, 3.05) is 18.2 Å². The quantitative estimate of drug-likeness (QED) is 0.598. The zero-order valence-electron chi connectivity index (χ0n) is 9.71. The molecular formula is C11H14N2O4S. The minimum Gasteiger partial charge on any atom is -0.480 e. The van der Waals surface area contributed by atoms with Gasteiger partial charge in [-0.25, -0.2) is 9.59 Å². The van der Waals surface area contributed by atoms with E-state index >= 15 is 0 Å². The molecule has 0 saturated carbocycles. The number of thioether (sulfide) groups is 1. The van der Waals surface area contributed by atoms with Crippen molar-refractivity contribution < 1.29 is 19.8 Å². The summed E-state index contributed by atoms with van der Waals surface area (Å²) in [5.41, 5.74) is 0.548. The van der Waals surface area contributed by atoms with Gasteiger partial charge in [0, 0.05) is 10.6 Å². The minimum absolute atomic E-state index is 0.548. The van der Waals surface area contributed by atoms with Crippen molar-refractivity contribution in [2.45, 2.75) is 10.9 Å². The Morgan fingerprint density at radius 1 is 1.33 bits per heavy atom. The molecule has 0 spiro atoms. The Morgan fingerprint density at radius 3 is 2.39 bits per heavy atom. The Hall–Kier alpha value is -1.73. The zero-order chi connectivity index (χ0) is 13.5. The second-order valence-electron chi connectivity index (χ2n) is 3.40. The Balaban J connectivity index is 2.55. The number of carboxylic acids is 1. The van der Waals surface area contributed by atoms with Crippen LogP contribution < -0.4 is 10.6 Å². The third-order valence-electron chi connectivity index (χ3n) is 2.13. The number of hydrogen-bond acceptors (Lipinski definition) is 4. The van der Waals surface area contributed by atoms with E-state index in [1.165, 1.54) is 0 Å². The highest BCUT2D eigenvalue weighted by atomic mass is 32.2. The van der Waals surface area contributed by atoms with Crippen molar-refractivity contribution in [3.8, 4) is 0 Å². The topological polar surface area (TPSA) is 98.7 Å². The number of anilines is 1. The summed E-state index contributed by atoms with van der Waals surface area (Å²) in [5, 5.41) is 22.0. The first-order chi connectivity index (χ1) is 8.56. The van der Waals surface area contributed by atoms with Crippen molar-refractivity contribution in [1.82, 2.24) is 5.32 Å². The number of carbonyl (C=O) groups is 2. The van der Waals surface area contributed by atoms with Crippen LogP contribution in [0.1, 0.15) is 0 Å². The molecule has 0 aliphatic carbocycles. The Kier molecular flexibility index (Phi) is 5.47. The lowest BCUT2D eigenvalue weighted by molar-refractivity contribution is -0.140. The van der Waals surface area contributed by atoms with Gasteiger partial charge in [-0.3, -0.25) is 0 Å². The van der Waals surface area contributed by atoms with Crippen LogP contribution in [-0.2, 0) is 4.79 Å². The van der Waals surface area contributed by atoms with Gasteiger partial charge in [0.2, 0.25) is 0 Å². The maximum Gasteiger partial charge on any atom is 0.328 e. The van der Waals surface area contributed by atoms with Gasteiger partial charge in [-0.15, -0.1) is 11.8 Å². The smallest absolute Gasteiger partial charge is 0.328 e. The predicted molar refractivity (Wildman–Crippen MR) is 68.9 cm³/mol. The molecule has 0 aromatic heterocycles. The highest BCUT2D eigenvalue weighted by Crippen LogP contribution is 2.17. The van der Waals surface area contributed by atoms with E-state index in [4.69, 9.17) is 10.2 Å². The molecule has 2 amide bonds. The SMILES string of the molecule is CSc1ccc(NC(=O)NC(CO)C(=O)O)cc1. The molecule has 0 aliphatic heterocycles. The number of aliphatic hydroxyl groups is 1. The Morgan fingerprint density at radius 2 is 1.94 bits per heavy atom. The molecule has 0 fully saturated rings. The highest BCUT2D eigenvalue weighted by Gasteiger charge is 2.18. The zero-order valence-corrected chi connectivity index (χ0v) is 10.5. The molecule has 0 aliphatic rings. The molecule has 4 N–H and O–H groups in total. The summed E-state index contributed by atoms with van der Waals surface area (Å²) in [5.74, 6) is -1.29. The van der Waals surface area contributed by atoms with Gasteiger partial charge in [0.15, 0.2) is 6.04 Å². The summed E-state index contributed by atoms with van der Waals surface area (Å²) >= 11 is 1.58. The van der Waals surface area contributed by atoms with Crippen LogP contribution in [-0.4, -0.2) is 41.1 Å². The molecule has 6 nitrogen and oxygen atoms in total. The first-order valence-corrected chi connectivity index (χ1v) is 6.34. The first kappa shape index (κ1) is 14.3. The van der Waals surface area contributed by atoms with Gasteiger partial charge < -0.3 is 20.8 Å². The van der Waals surface area contributed by atoms with E-state index in [9.17, 15) is 9.59 Å². The van der Waals surface area contributed by atoms with E-state index in [2.05, 4.69) is 10.6 Å². The third kappa shape index (κ3) is 4.27. The molecule has 0 bridgehead atoms. The Bertz CT molecular complexity index is 422. The van der Waals surface area contributed by atoms with Gasteiger partial charge in [0.05, 0.1) is 6.61 Å². The van der Waals surface area contributed by atoms with Crippen LogP contribution in [0, 0.1) is 0 Å². The van der Waals surface area contributed by atoms with Crippen molar-refractivity contribution in [2.24, 2.45) is 0 Å². The number of aliphatic hydroxyl groups excluding tert-OH is 1. The fraction of sp³-hybridized carbons (Fsp3) is 0.273. The van der Waals surface area contributed by atoms with E-state index in [0.717, 1.165) is 4.90 Å². The lowest BCUT2D eigenvalue weighted by Gasteiger charge is -2.12. The maximum absolute atomic E-state index is 11.4. The number of urea groups is 1. The standard InChI is InChI=1S/C11H14N2O4S/c1-18-8-4-2-7(3-5-8)12-11(17)13-9(6-14)10(15)16/h2-5,9,14H,6H2,1H3,(H,15,16)(H2,12,13,17). The number of carbonyl (C=O) groups excluding carboxylic acids is 1. The largest absolute Gasteiger partial charge is 0.480 e. The molecule has 1 rings (SSSR count). The van der Waals surface area contributed by atoms with Gasteiger partial charge in [-0.2, -0.15) is 0 Å². The Labute approximate surface area is 108 Å². The van der Waals surface area contributed by atoms with Crippen LogP contribution in [0.4, 0.5) is 10.5 Å². The second-order valence-corrected chi connectivity index (χ2v) is 4.28. The molecule has 1 aromatic carbocycles. The molecule has 98 valence electrons. The van der Waals surface area contributed by atoms with Crippen LogP contribution in [0.5, 0.6) is 0 Å².